The molecule has 5 nitrogen and oxygen atoms in total. The maximum Gasteiger partial charge on any atom is 0.316 e. The Bertz CT molecular complexity index is 611. The number of primary amides is 1. The highest BCUT2D eigenvalue weighted by molar-refractivity contribution is 5.88. The van der Waals surface area contributed by atoms with Gasteiger partial charge in [-0.25, -0.2) is 4.79 Å². The molecule has 0 aromatic heterocycles. The molecule has 110 valence electrons. The summed E-state index contributed by atoms with van der Waals surface area (Å²) in [7, 11) is 1.65. The van der Waals surface area contributed by atoms with Crippen molar-refractivity contribution in [2.45, 2.75) is 13.0 Å². The van der Waals surface area contributed by atoms with Crippen LogP contribution in [0.4, 0.5) is 16.2 Å². The smallest absolute Gasteiger partial charge is 0.316 e. The second kappa shape index (κ2) is 6.65. The number of rotatable bonds is 5. The fourth-order valence-corrected chi connectivity index (χ4v) is 2.05. The van der Waals surface area contributed by atoms with E-state index in [1.54, 1.807) is 13.2 Å². The zero-order chi connectivity index (χ0) is 15.2. The molecule has 0 saturated heterocycles. The van der Waals surface area contributed by atoms with E-state index in [2.05, 4.69) is 17.6 Å². The molecule has 2 aromatic rings. The standard InChI is InChI=1S/C16H19N3O2/c1-11(12-6-8-15(21-2)9-7-12)18-13-4-3-5-14(10-13)19-16(17)20/h3-11,18H,1-2H3,(H3,17,19,20). The van der Waals surface area contributed by atoms with Crippen molar-refractivity contribution in [3.8, 4) is 5.75 Å². The Hall–Kier alpha value is -2.69. The van der Waals surface area contributed by atoms with Crippen LogP contribution in [0.5, 0.6) is 5.75 Å². The lowest BCUT2D eigenvalue weighted by molar-refractivity contribution is 0.259. The second-order valence-corrected chi connectivity index (χ2v) is 4.71. The van der Waals surface area contributed by atoms with Gasteiger partial charge in [0.05, 0.1) is 7.11 Å². The molecule has 0 bridgehead atoms. The molecule has 2 rings (SSSR count). The monoisotopic (exact) mass is 285 g/mol. The number of hydrogen-bond acceptors (Lipinski definition) is 3. The number of benzene rings is 2. The molecule has 0 saturated carbocycles. The van der Waals surface area contributed by atoms with Gasteiger partial charge in [-0.05, 0) is 42.8 Å². The van der Waals surface area contributed by atoms with Gasteiger partial charge in [-0.3, -0.25) is 0 Å². The van der Waals surface area contributed by atoms with Gasteiger partial charge >= 0.3 is 6.03 Å². The largest absolute Gasteiger partial charge is 0.497 e. The van der Waals surface area contributed by atoms with Crippen molar-refractivity contribution in [2.75, 3.05) is 17.7 Å². The number of hydrogen-bond donors (Lipinski definition) is 3. The molecule has 5 heteroatoms. The summed E-state index contributed by atoms with van der Waals surface area (Å²) in [6.45, 7) is 2.07. The van der Waals surface area contributed by atoms with Gasteiger partial charge in [0.1, 0.15) is 5.75 Å². The number of ether oxygens (including phenoxy) is 1. The number of nitrogens with two attached hydrogens (primary N) is 1. The first-order chi connectivity index (χ1) is 10.1. The normalized spacial score (nSPS) is 11.5. The maximum absolute atomic E-state index is 10.9. The summed E-state index contributed by atoms with van der Waals surface area (Å²) in [6.07, 6.45) is 0. The lowest BCUT2D eigenvalue weighted by atomic mass is 10.1. The van der Waals surface area contributed by atoms with Crippen molar-refractivity contribution < 1.29 is 9.53 Å². The zero-order valence-corrected chi connectivity index (χ0v) is 12.1. The van der Waals surface area contributed by atoms with Crippen LogP contribution < -0.4 is 21.1 Å². The minimum atomic E-state index is -0.574. The van der Waals surface area contributed by atoms with Crippen LogP contribution in [0, 0.1) is 0 Å². The molecule has 0 heterocycles. The van der Waals surface area contributed by atoms with Crippen molar-refractivity contribution in [3.63, 3.8) is 0 Å². The van der Waals surface area contributed by atoms with Crippen molar-refractivity contribution >= 4 is 17.4 Å². The number of carbonyl (C=O) groups is 1. The Morgan fingerprint density at radius 3 is 2.43 bits per heavy atom. The molecule has 1 unspecified atom stereocenters. The van der Waals surface area contributed by atoms with Crippen LogP contribution in [-0.2, 0) is 0 Å². The predicted molar refractivity (Wildman–Crippen MR) is 84.7 cm³/mol. The molecule has 21 heavy (non-hydrogen) atoms. The van der Waals surface area contributed by atoms with Crippen LogP contribution in [0.1, 0.15) is 18.5 Å². The highest BCUT2D eigenvalue weighted by Gasteiger charge is 2.06. The summed E-state index contributed by atoms with van der Waals surface area (Å²) in [6, 6.07) is 14.9. The Morgan fingerprint density at radius 2 is 1.81 bits per heavy atom. The number of anilines is 2. The van der Waals surface area contributed by atoms with Gasteiger partial charge in [-0.2, -0.15) is 0 Å². The molecule has 0 radical (unpaired) electrons. The van der Waals surface area contributed by atoms with Crippen LogP contribution in [0.2, 0.25) is 0 Å². The zero-order valence-electron chi connectivity index (χ0n) is 12.1. The first kappa shape index (κ1) is 14.7. The Morgan fingerprint density at radius 1 is 1.14 bits per heavy atom. The first-order valence-corrected chi connectivity index (χ1v) is 6.65. The summed E-state index contributed by atoms with van der Waals surface area (Å²) in [5.74, 6) is 0.832. The number of nitrogens with one attached hydrogen (secondary N) is 2. The highest BCUT2D eigenvalue weighted by atomic mass is 16.5. The number of amides is 2. The third-order valence-electron chi connectivity index (χ3n) is 3.13. The summed E-state index contributed by atoms with van der Waals surface area (Å²) in [5.41, 5.74) is 7.82. The minimum Gasteiger partial charge on any atom is -0.497 e. The summed E-state index contributed by atoms with van der Waals surface area (Å²) in [4.78, 5) is 10.9. The van der Waals surface area contributed by atoms with Gasteiger partial charge in [0, 0.05) is 17.4 Å². The van der Waals surface area contributed by atoms with Gasteiger partial charge in [0.2, 0.25) is 0 Å². The van der Waals surface area contributed by atoms with E-state index in [1.807, 2.05) is 42.5 Å². The van der Waals surface area contributed by atoms with Crippen molar-refractivity contribution in [1.82, 2.24) is 0 Å². The first-order valence-electron chi connectivity index (χ1n) is 6.65. The molecular formula is C16H19N3O2. The number of methoxy groups -OCH3 is 1. The number of urea groups is 1. The molecule has 0 aliphatic carbocycles. The van der Waals surface area contributed by atoms with E-state index in [-0.39, 0.29) is 6.04 Å². The molecular weight excluding hydrogens is 266 g/mol. The lowest BCUT2D eigenvalue weighted by Crippen LogP contribution is -2.19. The van der Waals surface area contributed by atoms with Gasteiger partial charge in [0.15, 0.2) is 0 Å². The minimum absolute atomic E-state index is 0.125. The average Bonchev–Trinajstić information content (AvgIpc) is 2.47. The van der Waals surface area contributed by atoms with E-state index in [9.17, 15) is 4.79 Å². The fraction of sp³-hybridized carbons (Fsp3) is 0.188. The third-order valence-corrected chi connectivity index (χ3v) is 3.13. The van der Waals surface area contributed by atoms with Crippen LogP contribution in [0.15, 0.2) is 48.5 Å². The topological polar surface area (TPSA) is 76.4 Å². The van der Waals surface area contributed by atoms with E-state index in [0.29, 0.717) is 5.69 Å². The summed E-state index contributed by atoms with van der Waals surface area (Å²) < 4.78 is 5.15. The van der Waals surface area contributed by atoms with E-state index >= 15 is 0 Å². The predicted octanol–water partition coefficient (Wildman–Crippen LogP) is 3.36. The summed E-state index contributed by atoms with van der Waals surface area (Å²) in [5, 5.41) is 5.93. The second-order valence-electron chi connectivity index (χ2n) is 4.71. The van der Waals surface area contributed by atoms with E-state index in [4.69, 9.17) is 10.5 Å². The van der Waals surface area contributed by atoms with Crippen LogP contribution in [0.3, 0.4) is 0 Å². The molecule has 0 aliphatic heterocycles. The van der Waals surface area contributed by atoms with Gasteiger partial charge in [-0.1, -0.05) is 18.2 Å². The van der Waals surface area contributed by atoms with E-state index in [0.717, 1.165) is 17.0 Å². The highest BCUT2D eigenvalue weighted by Crippen LogP contribution is 2.23. The fourth-order valence-electron chi connectivity index (χ4n) is 2.05. The van der Waals surface area contributed by atoms with Crippen molar-refractivity contribution in [1.29, 1.82) is 0 Å². The maximum atomic E-state index is 10.9. The molecule has 4 N–H and O–H groups in total. The number of carbonyl (C=O) groups excluding carboxylic acids is 1. The molecule has 1 atom stereocenters. The van der Waals surface area contributed by atoms with E-state index < -0.39 is 6.03 Å². The van der Waals surface area contributed by atoms with Gasteiger partial charge in [-0.15, -0.1) is 0 Å². The van der Waals surface area contributed by atoms with Crippen LogP contribution in [-0.4, -0.2) is 13.1 Å². The van der Waals surface area contributed by atoms with Crippen LogP contribution >= 0.6 is 0 Å². The summed E-state index contributed by atoms with van der Waals surface area (Å²) >= 11 is 0. The molecule has 0 spiro atoms. The van der Waals surface area contributed by atoms with Crippen molar-refractivity contribution in [2.24, 2.45) is 5.73 Å². The average molecular weight is 285 g/mol. The molecule has 2 amide bonds. The Balaban J connectivity index is 2.07. The van der Waals surface area contributed by atoms with Gasteiger partial charge < -0.3 is 21.1 Å². The third kappa shape index (κ3) is 4.14. The SMILES string of the molecule is COc1ccc(C(C)Nc2cccc(NC(N)=O)c2)cc1. The molecule has 0 aliphatic rings. The van der Waals surface area contributed by atoms with Crippen molar-refractivity contribution in [3.05, 3.63) is 54.1 Å². The van der Waals surface area contributed by atoms with Crippen LogP contribution in [0.25, 0.3) is 0 Å². The Labute approximate surface area is 124 Å². The van der Waals surface area contributed by atoms with E-state index in [1.165, 1.54) is 0 Å². The lowest BCUT2D eigenvalue weighted by Gasteiger charge is -2.16. The molecule has 0 fully saturated rings. The quantitative estimate of drug-likeness (QED) is 0.788. The molecule has 2 aromatic carbocycles. The van der Waals surface area contributed by atoms with Gasteiger partial charge in [0.25, 0.3) is 0 Å². The Kier molecular flexibility index (Phi) is 4.66.